The number of carbonyl (C=O) groups excluding carboxylic acids is 1. The molecule has 3 heterocycles. The molecule has 2 aromatic heterocycles. The van der Waals surface area contributed by atoms with Crippen LogP contribution in [0.4, 0.5) is 5.82 Å². The molecule has 1 aliphatic rings. The summed E-state index contributed by atoms with van der Waals surface area (Å²) < 4.78 is 1.84. The van der Waals surface area contributed by atoms with Gasteiger partial charge in [-0.25, -0.2) is 4.98 Å². The van der Waals surface area contributed by atoms with Crippen LogP contribution in [0.15, 0.2) is 24.4 Å². The molecule has 25 heavy (non-hydrogen) atoms. The molecule has 1 amide bonds. The Hall–Kier alpha value is -2.92. The first-order valence-corrected chi connectivity index (χ1v) is 8.04. The average Bonchev–Trinajstić information content (AvgIpc) is 3.04. The third-order valence-corrected chi connectivity index (χ3v) is 4.23. The van der Waals surface area contributed by atoms with Crippen LogP contribution < -0.4 is 4.90 Å². The first-order chi connectivity index (χ1) is 12.0. The molecule has 3 rings (SSSR count). The van der Waals surface area contributed by atoms with Gasteiger partial charge in [-0.3, -0.25) is 9.48 Å². The highest BCUT2D eigenvalue weighted by Crippen LogP contribution is 2.25. The lowest BCUT2D eigenvalue weighted by molar-refractivity contribution is -0.130. The minimum atomic E-state index is -0.925. The number of aromatic nitrogens is 3. The number of amides is 1. The van der Waals surface area contributed by atoms with E-state index in [1.54, 1.807) is 32.4 Å². The van der Waals surface area contributed by atoms with Crippen LogP contribution in [-0.4, -0.2) is 51.3 Å². The van der Waals surface area contributed by atoms with E-state index in [0.29, 0.717) is 36.7 Å². The number of nitriles is 1. The molecule has 0 fully saturated rings. The SMILES string of the molecule is CN(C)C(=O)C[C@H](O)c1cc2n(n1)CCN(c1ncccc1C#N)C2. The first kappa shape index (κ1) is 16.9. The Morgan fingerprint density at radius 1 is 1.48 bits per heavy atom. The van der Waals surface area contributed by atoms with Crippen molar-refractivity contribution in [2.45, 2.75) is 25.6 Å². The second kappa shape index (κ2) is 6.91. The van der Waals surface area contributed by atoms with E-state index >= 15 is 0 Å². The maximum Gasteiger partial charge on any atom is 0.225 e. The number of carbonyl (C=O) groups is 1. The predicted octanol–water partition coefficient (Wildman–Crippen LogP) is 0.682. The van der Waals surface area contributed by atoms with Crippen LogP contribution >= 0.6 is 0 Å². The number of pyridine rings is 1. The molecule has 8 heteroatoms. The van der Waals surface area contributed by atoms with Crippen molar-refractivity contribution in [3.63, 3.8) is 0 Å². The summed E-state index contributed by atoms with van der Waals surface area (Å²) in [6.07, 6.45) is 0.752. The summed E-state index contributed by atoms with van der Waals surface area (Å²) in [5, 5.41) is 23.9. The van der Waals surface area contributed by atoms with Crippen molar-refractivity contribution in [2.75, 3.05) is 25.5 Å². The van der Waals surface area contributed by atoms with Crippen molar-refractivity contribution in [1.82, 2.24) is 19.7 Å². The zero-order chi connectivity index (χ0) is 18.0. The smallest absolute Gasteiger partial charge is 0.225 e. The Bertz CT molecular complexity index is 823. The second-order valence-corrected chi connectivity index (χ2v) is 6.20. The van der Waals surface area contributed by atoms with Gasteiger partial charge in [0.05, 0.1) is 36.5 Å². The molecule has 0 saturated heterocycles. The Morgan fingerprint density at radius 2 is 2.28 bits per heavy atom. The summed E-state index contributed by atoms with van der Waals surface area (Å²) in [7, 11) is 3.32. The van der Waals surface area contributed by atoms with Gasteiger partial charge in [-0.15, -0.1) is 0 Å². The summed E-state index contributed by atoms with van der Waals surface area (Å²) in [4.78, 5) is 19.6. The zero-order valence-electron chi connectivity index (χ0n) is 14.3. The van der Waals surface area contributed by atoms with Gasteiger partial charge in [-0.2, -0.15) is 10.4 Å². The van der Waals surface area contributed by atoms with Gasteiger partial charge in [0, 0.05) is 26.8 Å². The molecule has 0 aliphatic carbocycles. The minimum Gasteiger partial charge on any atom is -0.386 e. The van der Waals surface area contributed by atoms with Crippen molar-refractivity contribution in [3.8, 4) is 6.07 Å². The van der Waals surface area contributed by atoms with Gasteiger partial charge in [0.25, 0.3) is 0 Å². The summed E-state index contributed by atoms with van der Waals surface area (Å²) in [6, 6.07) is 7.47. The Balaban J connectivity index is 1.77. The topological polar surface area (TPSA) is 98.3 Å². The fraction of sp³-hybridized carbons (Fsp3) is 0.412. The van der Waals surface area contributed by atoms with Crippen LogP contribution in [0.5, 0.6) is 0 Å². The molecule has 0 saturated carbocycles. The standard InChI is InChI=1S/C17H20N6O2/c1-21(2)16(25)9-15(24)14-8-13-11-22(6-7-23(13)20-14)17-12(10-18)4-3-5-19-17/h3-5,8,15,24H,6-7,9,11H2,1-2H3/t15-/m0/s1. The van der Waals surface area contributed by atoms with Crippen LogP contribution in [-0.2, 0) is 17.9 Å². The molecular weight excluding hydrogens is 320 g/mol. The van der Waals surface area contributed by atoms with E-state index in [1.165, 1.54) is 4.90 Å². The molecule has 0 radical (unpaired) electrons. The van der Waals surface area contributed by atoms with Crippen LogP contribution in [0, 0.1) is 11.3 Å². The number of nitrogens with zero attached hydrogens (tertiary/aromatic N) is 6. The van der Waals surface area contributed by atoms with Crippen molar-refractivity contribution in [1.29, 1.82) is 5.26 Å². The Labute approximate surface area is 145 Å². The highest BCUT2D eigenvalue weighted by atomic mass is 16.3. The van der Waals surface area contributed by atoms with Gasteiger partial charge in [0.1, 0.15) is 18.0 Å². The summed E-state index contributed by atoms with van der Waals surface area (Å²) in [5.41, 5.74) is 1.95. The highest BCUT2D eigenvalue weighted by molar-refractivity contribution is 5.76. The quantitative estimate of drug-likeness (QED) is 0.879. The molecule has 1 atom stereocenters. The number of hydrogen-bond acceptors (Lipinski definition) is 6. The number of hydrogen-bond donors (Lipinski definition) is 1. The minimum absolute atomic E-state index is 0.00594. The second-order valence-electron chi connectivity index (χ2n) is 6.20. The van der Waals surface area contributed by atoms with Crippen molar-refractivity contribution >= 4 is 11.7 Å². The number of anilines is 1. The summed E-state index contributed by atoms with van der Waals surface area (Å²) in [6.45, 7) is 1.85. The van der Waals surface area contributed by atoms with Gasteiger partial charge in [-0.05, 0) is 18.2 Å². The van der Waals surface area contributed by atoms with E-state index in [-0.39, 0.29) is 12.3 Å². The maximum atomic E-state index is 11.8. The van der Waals surface area contributed by atoms with Gasteiger partial charge in [-0.1, -0.05) is 0 Å². The molecule has 0 unspecified atom stereocenters. The van der Waals surface area contributed by atoms with E-state index in [4.69, 9.17) is 0 Å². The number of aliphatic hydroxyl groups is 1. The van der Waals surface area contributed by atoms with Gasteiger partial charge in [0.15, 0.2) is 0 Å². The lowest BCUT2D eigenvalue weighted by Gasteiger charge is -2.29. The molecule has 2 aromatic rings. The zero-order valence-corrected chi connectivity index (χ0v) is 14.3. The Kier molecular flexibility index (Phi) is 4.67. The first-order valence-electron chi connectivity index (χ1n) is 8.04. The fourth-order valence-electron chi connectivity index (χ4n) is 2.82. The van der Waals surface area contributed by atoms with E-state index < -0.39 is 6.10 Å². The van der Waals surface area contributed by atoms with Crippen molar-refractivity contribution < 1.29 is 9.90 Å². The van der Waals surface area contributed by atoms with E-state index in [1.807, 2.05) is 15.6 Å². The van der Waals surface area contributed by atoms with Crippen LogP contribution in [0.2, 0.25) is 0 Å². The molecule has 1 aliphatic heterocycles. The van der Waals surface area contributed by atoms with Gasteiger partial charge in [0.2, 0.25) is 5.91 Å². The molecule has 1 N–H and O–H groups in total. The van der Waals surface area contributed by atoms with Crippen LogP contribution in [0.25, 0.3) is 0 Å². The highest BCUT2D eigenvalue weighted by Gasteiger charge is 2.24. The average molecular weight is 340 g/mol. The van der Waals surface area contributed by atoms with Crippen LogP contribution in [0.3, 0.4) is 0 Å². The monoisotopic (exact) mass is 340 g/mol. The largest absolute Gasteiger partial charge is 0.386 e. The molecule has 130 valence electrons. The van der Waals surface area contributed by atoms with Crippen LogP contribution in [0.1, 0.15) is 29.5 Å². The van der Waals surface area contributed by atoms with Gasteiger partial charge < -0.3 is 14.9 Å². The summed E-state index contributed by atoms with van der Waals surface area (Å²) >= 11 is 0. The van der Waals surface area contributed by atoms with Crippen molar-refractivity contribution in [3.05, 3.63) is 41.3 Å². The summed E-state index contributed by atoms with van der Waals surface area (Å²) in [5.74, 6) is 0.509. The fourth-order valence-corrected chi connectivity index (χ4v) is 2.82. The molecule has 8 nitrogen and oxygen atoms in total. The molecular formula is C17H20N6O2. The number of rotatable bonds is 4. The van der Waals surface area contributed by atoms with E-state index in [0.717, 1.165) is 5.69 Å². The number of aliphatic hydroxyl groups excluding tert-OH is 1. The van der Waals surface area contributed by atoms with Gasteiger partial charge >= 0.3 is 0 Å². The maximum absolute atomic E-state index is 11.8. The Morgan fingerprint density at radius 3 is 3.00 bits per heavy atom. The number of fused-ring (bicyclic) bond motifs is 1. The lowest BCUT2D eigenvalue weighted by Crippen LogP contribution is -2.34. The predicted molar refractivity (Wildman–Crippen MR) is 90.5 cm³/mol. The lowest BCUT2D eigenvalue weighted by atomic mass is 10.1. The van der Waals surface area contributed by atoms with Crippen molar-refractivity contribution in [2.24, 2.45) is 0 Å². The molecule has 0 bridgehead atoms. The molecule has 0 aromatic carbocycles. The van der Waals surface area contributed by atoms with E-state index in [9.17, 15) is 15.2 Å². The van der Waals surface area contributed by atoms with E-state index in [2.05, 4.69) is 16.2 Å². The third kappa shape index (κ3) is 3.46. The normalized spacial score (nSPS) is 14.6. The molecule has 0 spiro atoms. The third-order valence-electron chi connectivity index (χ3n) is 4.23.